The number of rotatable bonds is 6. The third-order valence-electron chi connectivity index (χ3n) is 3.70. The molecule has 19 heavy (non-hydrogen) atoms. The molecule has 1 atom stereocenters. The summed E-state index contributed by atoms with van der Waals surface area (Å²) in [5.41, 5.74) is 0. The number of thioether (sulfide) groups is 1. The van der Waals surface area contributed by atoms with Crippen LogP contribution in [0.25, 0.3) is 0 Å². The first-order valence-corrected chi connectivity index (χ1v) is 8.06. The SMILES string of the molecule is CCC(CC)CN(CC)C(=O)N1CSCC1C(=O)O. The molecule has 1 rings (SSSR count). The molecule has 0 aliphatic carbocycles. The fourth-order valence-corrected chi connectivity index (χ4v) is 3.36. The minimum absolute atomic E-state index is 0.133. The van der Waals surface area contributed by atoms with Crippen LogP contribution in [0.4, 0.5) is 4.79 Å². The van der Waals surface area contributed by atoms with Crippen LogP contribution in [-0.4, -0.2) is 57.7 Å². The van der Waals surface area contributed by atoms with E-state index in [1.54, 1.807) is 4.90 Å². The number of nitrogens with zero attached hydrogens (tertiary/aromatic N) is 2. The van der Waals surface area contributed by atoms with Crippen molar-refractivity contribution < 1.29 is 14.7 Å². The Bertz CT molecular complexity index is 321. The highest BCUT2D eigenvalue weighted by molar-refractivity contribution is 7.99. The van der Waals surface area contributed by atoms with Gasteiger partial charge in [0.2, 0.25) is 0 Å². The van der Waals surface area contributed by atoms with E-state index in [0.29, 0.717) is 24.1 Å². The monoisotopic (exact) mass is 288 g/mol. The van der Waals surface area contributed by atoms with Gasteiger partial charge in [-0.1, -0.05) is 26.7 Å². The summed E-state index contributed by atoms with van der Waals surface area (Å²) >= 11 is 1.50. The molecule has 0 aromatic heterocycles. The van der Waals surface area contributed by atoms with Gasteiger partial charge in [-0.3, -0.25) is 0 Å². The lowest BCUT2D eigenvalue weighted by atomic mass is 10.0. The Labute approximate surface area is 119 Å². The van der Waals surface area contributed by atoms with Gasteiger partial charge in [0.1, 0.15) is 6.04 Å². The summed E-state index contributed by atoms with van der Waals surface area (Å²) < 4.78 is 0. The lowest BCUT2D eigenvalue weighted by Gasteiger charge is -2.31. The first-order chi connectivity index (χ1) is 9.04. The maximum Gasteiger partial charge on any atom is 0.327 e. The topological polar surface area (TPSA) is 60.9 Å². The lowest BCUT2D eigenvalue weighted by Crippen LogP contribution is -2.49. The summed E-state index contributed by atoms with van der Waals surface area (Å²) in [6, 6.07) is -0.806. The Kier molecular flexibility index (Phi) is 6.48. The predicted octanol–water partition coefficient (Wildman–Crippen LogP) is 2.32. The largest absolute Gasteiger partial charge is 0.480 e. The first kappa shape index (κ1) is 16.1. The van der Waals surface area contributed by atoms with Gasteiger partial charge in [-0.2, -0.15) is 0 Å². The molecule has 0 aromatic carbocycles. The summed E-state index contributed by atoms with van der Waals surface area (Å²) in [7, 11) is 0. The summed E-state index contributed by atoms with van der Waals surface area (Å²) in [5.74, 6) is 0.554. The number of carbonyl (C=O) groups excluding carboxylic acids is 1. The highest BCUT2D eigenvalue weighted by Crippen LogP contribution is 2.23. The van der Waals surface area contributed by atoms with Crippen LogP contribution in [0.15, 0.2) is 0 Å². The average Bonchev–Trinajstić information content (AvgIpc) is 2.89. The second-order valence-electron chi connectivity index (χ2n) is 4.83. The molecule has 1 aliphatic heterocycles. The Balaban J connectivity index is 2.69. The smallest absolute Gasteiger partial charge is 0.327 e. The van der Waals surface area contributed by atoms with Crippen LogP contribution in [0, 0.1) is 5.92 Å². The second kappa shape index (κ2) is 7.62. The maximum atomic E-state index is 12.4. The molecule has 1 fully saturated rings. The number of carboxylic acid groups (broad SMARTS) is 1. The molecule has 1 N–H and O–H groups in total. The van der Waals surface area contributed by atoms with Gasteiger partial charge in [0.05, 0.1) is 5.88 Å². The van der Waals surface area contributed by atoms with Gasteiger partial charge in [-0.05, 0) is 12.8 Å². The summed E-state index contributed by atoms with van der Waals surface area (Å²) in [6.07, 6.45) is 2.08. The highest BCUT2D eigenvalue weighted by atomic mass is 32.2. The molecule has 1 saturated heterocycles. The molecule has 1 heterocycles. The third kappa shape index (κ3) is 4.03. The number of urea groups is 1. The van der Waals surface area contributed by atoms with Crippen LogP contribution in [0.1, 0.15) is 33.6 Å². The summed E-state index contributed by atoms with van der Waals surface area (Å²) in [6.45, 7) is 7.54. The van der Waals surface area contributed by atoms with E-state index in [1.807, 2.05) is 6.92 Å². The quantitative estimate of drug-likeness (QED) is 0.815. The number of carboxylic acids is 1. The number of hydrogen-bond acceptors (Lipinski definition) is 3. The zero-order chi connectivity index (χ0) is 14.4. The van der Waals surface area contributed by atoms with Crippen molar-refractivity contribution in [1.82, 2.24) is 9.80 Å². The number of aliphatic carboxylic acids is 1. The van der Waals surface area contributed by atoms with Crippen LogP contribution >= 0.6 is 11.8 Å². The van der Waals surface area contributed by atoms with E-state index in [9.17, 15) is 9.59 Å². The van der Waals surface area contributed by atoms with Crippen molar-refractivity contribution in [1.29, 1.82) is 0 Å². The van der Waals surface area contributed by atoms with Crippen LogP contribution in [0.5, 0.6) is 0 Å². The molecule has 1 unspecified atom stereocenters. The van der Waals surface area contributed by atoms with Crippen molar-refractivity contribution in [3.8, 4) is 0 Å². The molecule has 6 heteroatoms. The van der Waals surface area contributed by atoms with E-state index in [2.05, 4.69) is 13.8 Å². The van der Waals surface area contributed by atoms with E-state index in [-0.39, 0.29) is 6.03 Å². The van der Waals surface area contributed by atoms with Crippen LogP contribution < -0.4 is 0 Å². The number of carbonyl (C=O) groups is 2. The lowest BCUT2D eigenvalue weighted by molar-refractivity contribution is -0.140. The minimum atomic E-state index is -0.906. The van der Waals surface area contributed by atoms with E-state index >= 15 is 0 Å². The van der Waals surface area contributed by atoms with Gasteiger partial charge in [-0.25, -0.2) is 9.59 Å². The molecular weight excluding hydrogens is 264 g/mol. The zero-order valence-corrected chi connectivity index (χ0v) is 12.8. The summed E-state index contributed by atoms with van der Waals surface area (Å²) in [5, 5.41) is 9.14. The van der Waals surface area contributed by atoms with Crippen molar-refractivity contribution in [3.05, 3.63) is 0 Å². The van der Waals surface area contributed by atoms with E-state index in [1.165, 1.54) is 16.7 Å². The van der Waals surface area contributed by atoms with E-state index < -0.39 is 12.0 Å². The van der Waals surface area contributed by atoms with Gasteiger partial charge in [0, 0.05) is 18.8 Å². The maximum absolute atomic E-state index is 12.4. The second-order valence-corrected chi connectivity index (χ2v) is 5.83. The number of amides is 2. The zero-order valence-electron chi connectivity index (χ0n) is 12.0. The summed E-state index contributed by atoms with van der Waals surface area (Å²) in [4.78, 5) is 26.8. The Hall–Kier alpha value is -0.910. The molecule has 5 nitrogen and oxygen atoms in total. The van der Waals surface area contributed by atoms with Crippen molar-refractivity contribution in [2.24, 2.45) is 5.92 Å². The molecule has 0 radical (unpaired) electrons. The first-order valence-electron chi connectivity index (χ1n) is 6.91. The molecular formula is C13H24N2O3S. The third-order valence-corrected chi connectivity index (χ3v) is 4.71. The minimum Gasteiger partial charge on any atom is -0.480 e. The Morgan fingerprint density at radius 3 is 2.47 bits per heavy atom. The average molecular weight is 288 g/mol. The Morgan fingerprint density at radius 1 is 1.37 bits per heavy atom. The predicted molar refractivity (Wildman–Crippen MR) is 77.3 cm³/mol. The molecule has 110 valence electrons. The highest BCUT2D eigenvalue weighted by Gasteiger charge is 2.36. The number of hydrogen-bond donors (Lipinski definition) is 1. The van der Waals surface area contributed by atoms with Gasteiger partial charge >= 0.3 is 12.0 Å². The van der Waals surface area contributed by atoms with Crippen LogP contribution in [-0.2, 0) is 4.79 Å². The molecule has 0 spiro atoms. The van der Waals surface area contributed by atoms with Crippen molar-refractivity contribution in [2.45, 2.75) is 39.7 Å². The van der Waals surface area contributed by atoms with Crippen molar-refractivity contribution in [2.75, 3.05) is 24.7 Å². The molecule has 0 aromatic rings. The van der Waals surface area contributed by atoms with Crippen molar-refractivity contribution in [3.63, 3.8) is 0 Å². The van der Waals surface area contributed by atoms with Gasteiger partial charge in [0.15, 0.2) is 0 Å². The molecule has 0 bridgehead atoms. The molecule has 0 saturated carbocycles. The standard InChI is InChI=1S/C13H24N2O3S/c1-4-10(5-2)7-14(6-3)13(18)15-9-19-8-11(15)12(16)17/h10-11H,4-9H2,1-3H3,(H,16,17). The van der Waals surface area contributed by atoms with Crippen LogP contribution in [0.2, 0.25) is 0 Å². The fourth-order valence-electron chi connectivity index (χ4n) is 2.22. The van der Waals surface area contributed by atoms with Crippen molar-refractivity contribution >= 4 is 23.8 Å². The van der Waals surface area contributed by atoms with Gasteiger partial charge in [-0.15, -0.1) is 11.8 Å². The Morgan fingerprint density at radius 2 is 2.00 bits per heavy atom. The normalized spacial score (nSPS) is 18.9. The van der Waals surface area contributed by atoms with E-state index in [0.717, 1.165) is 19.4 Å². The fraction of sp³-hybridized carbons (Fsp3) is 0.846. The molecule has 1 aliphatic rings. The molecule has 2 amide bonds. The van der Waals surface area contributed by atoms with Crippen LogP contribution in [0.3, 0.4) is 0 Å². The van der Waals surface area contributed by atoms with Gasteiger partial charge < -0.3 is 14.9 Å². The van der Waals surface area contributed by atoms with Gasteiger partial charge in [0.25, 0.3) is 0 Å². The van der Waals surface area contributed by atoms with E-state index in [4.69, 9.17) is 5.11 Å².